The van der Waals surface area contributed by atoms with Crippen molar-refractivity contribution in [2.24, 2.45) is 0 Å². The molecule has 0 spiro atoms. The average Bonchev–Trinajstić information content (AvgIpc) is 2.60. The Hall–Kier alpha value is -1.86. The summed E-state index contributed by atoms with van der Waals surface area (Å²) in [6, 6.07) is 12.1. The number of aliphatic carboxylic acids is 1. The standard InChI is InChI=1S/C19H19Br2NO4/c20-14-9-13(10-15(21)18(14)24)11-16(19(25)26)22-17(23)8-4-7-12-5-2-1-3-6-12/h1-3,5-6,9-10,16,24H,4,7-8,11H2,(H,22,23)(H,25,26)/t16-/m1/s1. The summed E-state index contributed by atoms with van der Waals surface area (Å²) in [5, 5.41) is 21.7. The van der Waals surface area contributed by atoms with Crippen LogP contribution in [0.3, 0.4) is 0 Å². The number of aromatic hydroxyl groups is 1. The number of halogens is 2. The van der Waals surface area contributed by atoms with Crippen molar-refractivity contribution in [3.05, 3.63) is 62.5 Å². The molecule has 26 heavy (non-hydrogen) atoms. The first-order chi connectivity index (χ1) is 12.4. The van der Waals surface area contributed by atoms with E-state index in [-0.39, 0.29) is 24.5 Å². The van der Waals surface area contributed by atoms with Gasteiger partial charge in [-0.1, -0.05) is 30.3 Å². The maximum absolute atomic E-state index is 12.1. The summed E-state index contributed by atoms with van der Waals surface area (Å²) < 4.78 is 0.917. The SMILES string of the molecule is O=C(CCCc1ccccc1)N[C@H](Cc1cc(Br)c(O)c(Br)c1)C(=O)O. The number of hydrogen-bond donors (Lipinski definition) is 3. The second kappa shape index (κ2) is 9.73. The van der Waals surface area contributed by atoms with Crippen LogP contribution in [0.5, 0.6) is 5.75 Å². The minimum atomic E-state index is -1.10. The first kappa shape index (κ1) is 20.5. The van der Waals surface area contributed by atoms with E-state index in [4.69, 9.17) is 0 Å². The topological polar surface area (TPSA) is 86.6 Å². The first-order valence-corrected chi connectivity index (χ1v) is 9.68. The van der Waals surface area contributed by atoms with E-state index in [0.29, 0.717) is 20.9 Å². The highest BCUT2D eigenvalue weighted by molar-refractivity contribution is 9.11. The van der Waals surface area contributed by atoms with Crippen molar-refractivity contribution in [2.75, 3.05) is 0 Å². The molecule has 0 aliphatic carbocycles. The number of nitrogens with one attached hydrogen (secondary N) is 1. The Bertz CT molecular complexity index is 757. The van der Waals surface area contributed by atoms with Crippen molar-refractivity contribution < 1.29 is 19.8 Å². The Balaban J connectivity index is 1.91. The molecule has 7 heteroatoms. The molecule has 1 amide bonds. The fourth-order valence-electron chi connectivity index (χ4n) is 2.54. The lowest BCUT2D eigenvalue weighted by atomic mass is 10.0. The van der Waals surface area contributed by atoms with E-state index < -0.39 is 12.0 Å². The number of carbonyl (C=O) groups excluding carboxylic acids is 1. The van der Waals surface area contributed by atoms with Crippen LogP contribution in [-0.4, -0.2) is 28.1 Å². The smallest absolute Gasteiger partial charge is 0.326 e. The summed E-state index contributed by atoms with van der Waals surface area (Å²) in [7, 11) is 0. The molecule has 0 saturated heterocycles. The Morgan fingerprint density at radius 3 is 2.23 bits per heavy atom. The zero-order valence-corrected chi connectivity index (χ0v) is 17.1. The van der Waals surface area contributed by atoms with Crippen LogP contribution in [0, 0.1) is 0 Å². The molecule has 0 aliphatic heterocycles. The molecule has 138 valence electrons. The quantitative estimate of drug-likeness (QED) is 0.527. The van der Waals surface area contributed by atoms with Crippen LogP contribution in [-0.2, 0) is 22.4 Å². The van der Waals surface area contributed by atoms with Crippen molar-refractivity contribution in [3.8, 4) is 5.75 Å². The Morgan fingerprint density at radius 1 is 1.04 bits per heavy atom. The zero-order valence-electron chi connectivity index (χ0n) is 13.9. The highest BCUT2D eigenvalue weighted by atomic mass is 79.9. The lowest BCUT2D eigenvalue weighted by Gasteiger charge is -2.15. The summed E-state index contributed by atoms with van der Waals surface area (Å²) in [4.78, 5) is 23.6. The molecule has 2 aromatic carbocycles. The molecule has 1 atom stereocenters. The van der Waals surface area contributed by atoms with E-state index in [1.807, 2.05) is 30.3 Å². The van der Waals surface area contributed by atoms with Gasteiger partial charge in [-0.25, -0.2) is 4.79 Å². The predicted octanol–water partition coefficient (Wildman–Crippen LogP) is 4.05. The van der Waals surface area contributed by atoms with Crippen molar-refractivity contribution >= 4 is 43.7 Å². The second-order valence-corrected chi connectivity index (χ2v) is 7.62. The van der Waals surface area contributed by atoms with Gasteiger partial charge in [-0.15, -0.1) is 0 Å². The van der Waals surface area contributed by atoms with Gasteiger partial charge in [0.1, 0.15) is 11.8 Å². The van der Waals surface area contributed by atoms with Gasteiger partial charge >= 0.3 is 5.97 Å². The number of phenolic OH excluding ortho intramolecular Hbond substituents is 1. The van der Waals surface area contributed by atoms with Gasteiger partial charge in [0.15, 0.2) is 0 Å². The van der Waals surface area contributed by atoms with Gasteiger partial charge in [0.05, 0.1) is 8.95 Å². The molecule has 2 rings (SSSR count). The van der Waals surface area contributed by atoms with Crippen molar-refractivity contribution in [1.82, 2.24) is 5.32 Å². The minimum absolute atomic E-state index is 0.0468. The van der Waals surface area contributed by atoms with E-state index in [1.165, 1.54) is 0 Å². The van der Waals surface area contributed by atoms with Gasteiger partial charge in [0, 0.05) is 12.8 Å². The number of carboxylic acids is 1. The van der Waals surface area contributed by atoms with Crippen molar-refractivity contribution in [2.45, 2.75) is 31.7 Å². The molecule has 0 aromatic heterocycles. The fourth-order valence-corrected chi connectivity index (χ4v) is 3.82. The van der Waals surface area contributed by atoms with Crippen LogP contribution in [0.15, 0.2) is 51.4 Å². The highest BCUT2D eigenvalue weighted by Crippen LogP contribution is 2.33. The molecule has 0 aliphatic rings. The molecule has 0 saturated carbocycles. The van der Waals surface area contributed by atoms with E-state index in [1.54, 1.807) is 12.1 Å². The molecule has 0 unspecified atom stereocenters. The number of benzene rings is 2. The van der Waals surface area contributed by atoms with Crippen LogP contribution in [0.2, 0.25) is 0 Å². The Kier molecular flexibility index (Phi) is 7.66. The molecule has 0 radical (unpaired) electrons. The molecular formula is C19H19Br2NO4. The monoisotopic (exact) mass is 483 g/mol. The Morgan fingerprint density at radius 2 is 1.65 bits per heavy atom. The molecule has 3 N–H and O–H groups in total. The number of phenols is 1. The van der Waals surface area contributed by atoms with E-state index in [2.05, 4.69) is 37.2 Å². The maximum atomic E-state index is 12.1. The molecular weight excluding hydrogens is 466 g/mol. The van der Waals surface area contributed by atoms with Crippen LogP contribution >= 0.6 is 31.9 Å². The number of carbonyl (C=O) groups is 2. The third kappa shape index (κ3) is 6.14. The summed E-state index contributed by atoms with van der Waals surface area (Å²) in [5.74, 6) is -1.34. The van der Waals surface area contributed by atoms with E-state index >= 15 is 0 Å². The predicted molar refractivity (Wildman–Crippen MR) is 106 cm³/mol. The average molecular weight is 485 g/mol. The number of hydrogen-bond acceptors (Lipinski definition) is 3. The van der Waals surface area contributed by atoms with Crippen LogP contribution < -0.4 is 5.32 Å². The number of carboxylic acid groups (broad SMARTS) is 1. The normalized spacial score (nSPS) is 11.8. The van der Waals surface area contributed by atoms with Crippen LogP contribution in [0.1, 0.15) is 24.0 Å². The third-order valence-electron chi connectivity index (χ3n) is 3.86. The van der Waals surface area contributed by atoms with Gasteiger partial charge < -0.3 is 15.5 Å². The van der Waals surface area contributed by atoms with Gasteiger partial charge in [0.25, 0.3) is 0 Å². The summed E-state index contributed by atoms with van der Waals surface area (Å²) >= 11 is 6.43. The van der Waals surface area contributed by atoms with Gasteiger partial charge in [-0.2, -0.15) is 0 Å². The lowest BCUT2D eigenvalue weighted by molar-refractivity contribution is -0.141. The summed E-state index contributed by atoms with van der Waals surface area (Å²) in [5.41, 5.74) is 1.83. The third-order valence-corrected chi connectivity index (χ3v) is 5.07. The molecule has 5 nitrogen and oxygen atoms in total. The van der Waals surface area contributed by atoms with Crippen LogP contribution in [0.25, 0.3) is 0 Å². The summed E-state index contributed by atoms with van der Waals surface area (Å²) in [6.07, 6.45) is 1.81. The lowest BCUT2D eigenvalue weighted by Crippen LogP contribution is -2.42. The van der Waals surface area contributed by atoms with Crippen molar-refractivity contribution in [3.63, 3.8) is 0 Å². The largest absolute Gasteiger partial charge is 0.506 e. The van der Waals surface area contributed by atoms with Gasteiger partial charge in [0.2, 0.25) is 5.91 Å². The molecule has 0 fully saturated rings. The van der Waals surface area contributed by atoms with E-state index in [0.717, 1.165) is 12.0 Å². The minimum Gasteiger partial charge on any atom is -0.506 e. The molecule has 2 aromatic rings. The zero-order chi connectivity index (χ0) is 19.1. The summed E-state index contributed by atoms with van der Waals surface area (Å²) in [6.45, 7) is 0. The van der Waals surface area contributed by atoms with Crippen molar-refractivity contribution in [1.29, 1.82) is 0 Å². The maximum Gasteiger partial charge on any atom is 0.326 e. The fraction of sp³-hybridized carbons (Fsp3) is 0.263. The van der Waals surface area contributed by atoms with Gasteiger partial charge in [-0.05, 0) is 68.0 Å². The number of amides is 1. The second-order valence-electron chi connectivity index (χ2n) is 5.91. The number of aryl methyl sites for hydroxylation is 1. The van der Waals surface area contributed by atoms with Gasteiger partial charge in [-0.3, -0.25) is 4.79 Å². The van der Waals surface area contributed by atoms with Crippen LogP contribution in [0.4, 0.5) is 0 Å². The molecule has 0 heterocycles. The molecule has 0 bridgehead atoms. The number of rotatable bonds is 8. The Labute approximate surface area is 168 Å². The van der Waals surface area contributed by atoms with E-state index in [9.17, 15) is 19.8 Å². The highest BCUT2D eigenvalue weighted by Gasteiger charge is 2.21. The first-order valence-electron chi connectivity index (χ1n) is 8.10.